The van der Waals surface area contributed by atoms with Crippen LogP contribution in [0.3, 0.4) is 0 Å². The number of unbranched alkanes of at least 4 members (excludes halogenated alkanes) is 2. The number of halogens is 2. The van der Waals surface area contributed by atoms with Gasteiger partial charge in [-0.1, -0.05) is 88.1 Å². The van der Waals surface area contributed by atoms with E-state index in [1.165, 1.54) is 68.6 Å². The Kier molecular flexibility index (Phi) is 7.96. The Hall–Kier alpha value is -2.48. The summed E-state index contributed by atoms with van der Waals surface area (Å²) in [5.74, 6) is 0.442. The average Bonchev–Trinajstić information content (AvgIpc) is 2.84. The highest BCUT2D eigenvalue weighted by molar-refractivity contribution is 5.84. The van der Waals surface area contributed by atoms with E-state index in [1.54, 1.807) is 0 Å². The molecule has 1 aliphatic rings. The van der Waals surface area contributed by atoms with Crippen molar-refractivity contribution in [3.05, 3.63) is 83.4 Å². The standard InChI is InChI=1S/C31H36F2/c1-3-5-6-7-23-10-12-24(13-11-23)25-16-18-26(19-17-25)29-20-28(32)21-30(33)31(29)27-14-8-22(4-2)9-15-27/h8-9,14-21,23-24H,3-7,10-13H2,1-2H3. The van der Waals surface area contributed by atoms with E-state index in [1.807, 2.05) is 36.4 Å². The molecule has 0 unspecified atom stereocenters. The molecule has 4 rings (SSSR count). The number of hydrogen-bond acceptors (Lipinski definition) is 0. The second kappa shape index (κ2) is 11.1. The van der Waals surface area contributed by atoms with Gasteiger partial charge in [0.05, 0.1) is 0 Å². The van der Waals surface area contributed by atoms with Gasteiger partial charge in [-0.25, -0.2) is 8.78 Å². The molecule has 0 spiro atoms. The summed E-state index contributed by atoms with van der Waals surface area (Å²) in [5, 5.41) is 0. The maximum absolute atomic E-state index is 14.9. The number of benzene rings is 3. The molecule has 0 atom stereocenters. The monoisotopic (exact) mass is 446 g/mol. The van der Waals surface area contributed by atoms with Crippen LogP contribution in [0.1, 0.15) is 82.3 Å². The highest BCUT2D eigenvalue weighted by atomic mass is 19.1. The van der Waals surface area contributed by atoms with E-state index >= 15 is 0 Å². The zero-order valence-corrected chi connectivity index (χ0v) is 20.0. The Morgan fingerprint density at radius 3 is 2.06 bits per heavy atom. The van der Waals surface area contributed by atoms with Crippen molar-refractivity contribution >= 4 is 0 Å². The van der Waals surface area contributed by atoms with Crippen molar-refractivity contribution in [2.45, 2.75) is 77.6 Å². The average molecular weight is 447 g/mol. The minimum atomic E-state index is -0.540. The summed E-state index contributed by atoms with van der Waals surface area (Å²) in [6.45, 7) is 4.36. The summed E-state index contributed by atoms with van der Waals surface area (Å²) in [6, 6.07) is 18.8. The van der Waals surface area contributed by atoms with Crippen LogP contribution in [0.5, 0.6) is 0 Å². The molecule has 1 fully saturated rings. The molecule has 0 radical (unpaired) electrons. The van der Waals surface area contributed by atoms with E-state index in [0.717, 1.165) is 29.5 Å². The molecule has 1 aliphatic carbocycles. The highest BCUT2D eigenvalue weighted by Gasteiger charge is 2.22. The minimum absolute atomic E-state index is 0.472. The lowest BCUT2D eigenvalue weighted by molar-refractivity contribution is 0.303. The van der Waals surface area contributed by atoms with Crippen molar-refractivity contribution in [1.29, 1.82) is 0 Å². The molecule has 2 heteroatoms. The van der Waals surface area contributed by atoms with Gasteiger partial charge in [0, 0.05) is 11.6 Å². The van der Waals surface area contributed by atoms with Gasteiger partial charge in [-0.15, -0.1) is 0 Å². The fourth-order valence-corrected chi connectivity index (χ4v) is 5.40. The molecular formula is C31H36F2. The lowest BCUT2D eigenvalue weighted by Gasteiger charge is -2.29. The summed E-state index contributed by atoms with van der Waals surface area (Å²) in [5.41, 5.74) is 5.29. The molecule has 174 valence electrons. The largest absolute Gasteiger partial charge is 0.207 e. The third-order valence-corrected chi connectivity index (χ3v) is 7.46. The molecule has 0 N–H and O–H groups in total. The van der Waals surface area contributed by atoms with E-state index in [2.05, 4.69) is 26.0 Å². The molecule has 0 bridgehead atoms. The molecule has 0 aromatic heterocycles. The van der Waals surface area contributed by atoms with Gasteiger partial charge in [0.1, 0.15) is 11.6 Å². The van der Waals surface area contributed by atoms with Gasteiger partial charge >= 0.3 is 0 Å². The first-order chi connectivity index (χ1) is 16.1. The van der Waals surface area contributed by atoms with Gasteiger partial charge in [0.2, 0.25) is 0 Å². The van der Waals surface area contributed by atoms with Crippen molar-refractivity contribution in [3.8, 4) is 22.3 Å². The highest BCUT2D eigenvalue weighted by Crippen LogP contribution is 2.40. The Labute approximate surface area is 198 Å². The predicted octanol–water partition coefficient (Wildman–Crippen LogP) is 9.72. The van der Waals surface area contributed by atoms with Crippen LogP contribution in [-0.2, 0) is 6.42 Å². The molecule has 3 aromatic carbocycles. The maximum Gasteiger partial charge on any atom is 0.134 e. The van der Waals surface area contributed by atoms with Crippen molar-refractivity contribution in [3.63, 3.8) is 0 Å². The second-order valence-electron chi connectivity index (χ2n) is 9.70. The number of aryl methyl sites for hydroxylation is 1. The van der Waals surface area contributed by atoms with Crippen molar-refractivity contribution < 1.29 is 8.78 Å². The van der Waals surface area contributed by atoms with E-state index in [9.17, 15) is 8.78 Å². The van der Waals surface area contributed by atoms with Gasteiger partial charge in [-0.05, 0) is 77.8 Å². The molecule has 0 saturated heterocycles. The normalized spacial score (nSPS) is 18.4. The maximum atomic E-state index is 14.9. The second-order valence-corrected chi connectivity index (χ2v) is 9.70. The molecule has 0 nitrogen and oxygen atoms in total. The fourth-order valence-electron chi connectivity index (χ4n) is 5.40. The van der Waals surface area contributed by atoms with Crippen LogP contribution < -0.4 is 0 Å². The van der Waals surface area contributed by atoms with Crippen LogP contribution >= 0.6 is 0 Å². The van der Waals surface area contributed by atoms with Crippen molar-refractivity contribution in [1.82, 2.24) is 0 Å². The molecule has 1 saturated carbocycles. The molecular weight excluding hydrogens is 410 g/mol. The van der Waals surface area contributed by atoms with Crippen molar-refractivity contribution in [2.75, 3.05) is 0 Å². The van der Waals surface area contributed by atoms with Gasteiger partial charge in [0.15, 0.2) is 0 Å². The predicted molar refractivity (Wildman–Crippen MR) is 135 cm³/mol. The lowest BCUT2D eigenvalue weighted by atomic mass is 9.77. The van der Waals surface area contributed by atoms with Crippen molar-refractivity contribution in [2.24, 2.45) is 5.92 Å². The van der Waals surface area contributed by atoms with Crippen LogP contribution in [0, 0.1) is 17.6 Å². The Morgan fingerprint density at radius 2 is 1.42 bits per heavy atom. The summed E-state index contributed by atoms with van der Waals surface area (Å²) in [4.78, 5) is 0. The van der Waals surface area contributed by atoms with E-state index in [0.29, 0.717) is 17.0 Å². The Balaban J connectivity index is 1.53. The molecule has 0 aliphatic heterocycles. The summed E-state index contributed by atoms with van der Waals surface area (Å²) >= 11 is 0. The van der Waals surface area contributed by atoms with Crippen LogP contribution in [0.4, 0.5) is 8.78 Å². The number of hydrogen-bond donors (Lipinski definition) is 0. The van der Waals surface area contributed by atoms with Crippen LogP contribution in [0.25, 0.3) is 22.3 Å². The summed E-state index contributed by atoms with van der Waals surface area (Å²) in [7, 11) is 0. The smallest absolute Gasteiger partial charge is 0.134 e. The van der Waals surface area contributed by atoms with E-state index in [4.69, 9.17) is 0 Å². The minimum Gasteiger partial charge on any atom is -0.207 e. The van der Waals surface area contributed by atoms with E-state index in [-0.39, 0.29) is 0 Å². The third kappa shape index (κ3) is 5.72. The molecule has 0 amide bonds. The van der Waals surface area contributed by atoms with Gasteiger partial charge in [-0.3, -0.25) is 0 Å². The van der Waals surface area contributed by atoms with Gasteiger partial charge < -0.3 is 0 Å². The number of rotatable bonds is 8. The Morgan fingerprint density at radius 1 is 0.758 bits per heavy atom. The molecule has 3 aromatic rings. The quantitative estimate of drug-likeness (QED) is 0.302. The first-order valence-electron chi connectivity index (χ1n) is 12.8. The first kappa shape index (κ1) is 23.7. The summed E-state index contributed by atoms with van der Waals surface area (Å²) in [6.07, 6.45) is 11.5. The topological polar surface area (TPSA) is 0 Å². The Bertz CT molecular complexity index is 1030. The molecule has 0 heterocycles. The van der Waals surface area contributed by atoms with Gasteiger partial charge in [0.25, 0.3) is 0 Å². The zero-order valence-electron chi connectivity index (χ0n) is 20.0. The van der Waals surface area contributed by atoms with Crippen LogP contribution in [0.15, 0.2) is 60.7 Å². The summed E-state index contributed by atoms with van der Waals surface area (Å²) < 4.78 is 29.1. The van der Waals surface area contributed by atoms with Crippen LogP contribution in [0.2, 0.25) is 0 Å². The zero-order chi connectivity index (χ0) is 23.2. The molecule has 33 heavy (non-hydrogen) atoms. The SMILES string of the molecule is CCCCCC1CCC(c2ccc(-c3cc(F)cc(F)c3-c3ccc(CC)cc3)cc2)CC1. The van der Waals surface area contributed by atoms with Crippen LogP contribution in [-0.4, -0.2) is 0 Å². The first-order valence-corrected chi connectivity index (χ1v) is 12.8. The van der Waals surface area contributed by atoms with E-state index < -0.39 is 11.6 Å². The fraction of sp³-hybridized carbons (Fsp3) is 0.419. The van der Waals surface area contributed by atoms with Gasteiger partial charge in [-0.2, -0.15) is 0 Å². The lowest BCUT2D eigenvalue weighted by Crippen LogP contribution is -2.13. The third-order valence-electron chi connectivity index (χ3n) is 7.46.